The number of nitrogens with one attached hydrogen (secondary N) is 1. The van der Waals surface area contributed by atoms with Crippen molar-refractivity contribution in [3.05, 3.63) is 47.0 Å². The topological polar surface area (TPSA) is 58.6 Å². The van der Waals surface area contributed by atoms with Crippen LogP contribution in [0.3, 0.4) is 0 Å². The number of Topliss-reactive ketones (excluding diaryl/α,β-unsaturated/α-hetero) is 1. The second-order valence-corrected chi connectivity index (χ2v) is 15.6. The zero-order valence-corrected chi connectivity index (χ0v) is 30.2. The molecule has 9 atom stereocenters. The lowest BCUT2D eigenvalue weighted by Gasteiger charge is -2.52. The molecule has 9 unspecified atom stereocenters. The molecule has 0 radical (unpaired) electrons. The highest BCUT2D eigenvalue weighted by atomic mass is 16.5. The number of hydrogen-bond donors (Lipinski definition) is 1. The quantitative estimate of drug-likeness (QED) is 0.331. The van der Waals surface area contributed by atoms with E-state index in [1.54, 1.807) is 11.1 Å². The van der Waals surface area contributed by atoms with Gasteiger partial charge in [-0.05, 0) is 112 Å². The maximum atomic E-state index is 13.1. The number of carbonyl (C=O) groups excluding carboxylic acids is 2. The summed E-state index contributed by atoms with van der Waals surface area (Å²) in [6.07, 6.45) is 13.3. The molecule has 1 amide bonds. The zero-order chi connectivity index (χ0) is 33.1. The van der Waals surface area contributed by atoms with Gasteiger partial charge in [-0.1, -0.05) is 83.0 Å². The summed E-state index contributed by atoms with van der Waals surface area (Å²) >= 11 is 0. The zero-order valence-electron chi connectivity index (χ0n) is 30.2. The van der Waals surface area contributed by atoms with Crippen molar-refractivity contribution in [2.75, 3.05) is 19.6 Å². The molecule has 0 bridgehead atoms. The Labute approximate surface area is 280 Å². The second kappa shape index (κ2) is 15.1. The largest absolute Gasteiger partial charge is 0.370 e. The average Bonchev–Trinajstić information content (AvgIpc) is 3.58. The van der Waals surface area contributed by atoms with E-state index in [0.717, 1.165) is 69.7 Å². The molecule has 3 saturated carbocycles. The number of benzene rings is 1. The normalized spacial score (nSPS) is 38.2. The van der Waals surface area contributed by atoms with E-state index < -0.39 is 0 Å². The van der Waals surface area contributed by atoms with Crippen molar-refractivity contribution < 1.29 is 14.3 Å². The summed E-state index contributed by atoms with van der Waals surface area (Å²) in [5.41, 5.74) is 4.92. The third-order valence-electron chi connectivity index (χ3n) is 13.0. The Bertz CT molecular complexity index is 1230. The van der Waals surface area contributed by atoms with E-state index in [9.17, 15) is 9.59 Å². The van der Waals surface area contributed by atoms with Gasteiger partial charge in [0.2, 0.25) is 5.91 Å². The van der Waals surface area contributed by atoms with E-state index in [0.29, 0.717) is 48.1 Å². The van der Waals surface area contributed by atoms with Gasteiger partial charge in [0.05, 0.1) is 18.2 Å². The molecule has 5 heteroatoms. The van der Waals surface area contributed by atoms with Gasteiger partial charge in [-0.2, -0.15) is 0 Å². The van der Waals surface area contributed by atoms with Gasteiger partial charge in [0.15, 0.2) is 0 Å². The SMILES string of the molecule is CC.CC.CC1=C2CC3C(CCC4CC(=O)CCC43C)C2CCC2(C1)CC1C(CC(C)CN1CC(=O)NCCc1ccccc1)O2. The summed E-state index contributed by atoms with van der Waals surface area (Å²) in [7, 11) is 0. The second-order valence-electron chi connectivity index (χ2n) is 15.6. The molecular formula is C41H64N2O3. The van der Waals surface area contributed by atoms with E-state index in [1.165, 1.54) is 31.2 Å². The standard InChI is InChI=1S/C37H52N2O3.2C2H6/c1-24-17-34-33(39(22-24)23-35(41)38-16-13-26-7-5-4-6-8-26)21-37(42-34)15-12-29-30-10-9-27-18-28(40)11-14-36(27,3)32(30)19-31(29)25(2)20-37;2*1-2/h4-8,24,27,29-30,32-34H,9-23H2,1-3H3,(H,38,41);2*1-2H3. The third-order valence-corrected chi connectivity index (χ3v) is 13.0. The Morgan fingerprint density at radius 3 is 2.57 bits per heavy atom. The highest BCUT2D eigenvalue weighted by Gasteiger charge is 2.58. The molecule has 1 aromatic carbocycles. The monoisotopic (exact) mass is 632 g/mol. The highest BCUT2D eigenvalue weighted by Crippen LogP contribution is 2.64. The molecular weight excluding hydrogens is 568 g/mol. The van der Waals surface area contributed by atoms with Crippen LogP contribution in [0, 0.1) is 35.0 Å². The van der Waals surface area contributed by atoms with Crippen LogP contribution in [-0.4, -0.2) is 54.0 Å². The van der Waals surface area contributed by atoms with E-state index >= 15 is 0 Å². The summed E-state index contributed by atoms with van der Waals surface area (Å²) in [5.74, 6) is 4.07. The predicted molar refractivity (Wildman–Crippen MR) is 189 cm³/mol. The fourth-order valence-electron chi connectivity index (χ4n) is 10.9. The van der Waals surface area contributed by atoms with Gasteiger partial charge in [0, 0.05) is 32.0 Å². The minimum absolute atomic E-state index is 0.0727. The van der Waals surface area contributed by atoms with Crippen LogP contribution in [0.1, 0.15) is 125 Å². The molecule has 6 aliphatic rings. The summed E-state index contributed by atoms with van der Waals surface area (Å²) < 4.78 is 7.14. The third kappa shape index (κ3) is 7.07. The first-order valence-electron chi connectivity index (χ1n) is 19.2. The van der Waals surface area contributed by atoms with Gasteiger partial charge in [0.1, 0.15) is 5.78 Å². The number of carbonyl (C=O) groups is 2. The highest BCUT2D eigenvalue weighted by molar-refractivity contribution is 5.79. The number of amides is 1. The number of ether oxygens (including phenoxy) is 1. The van der Waals surface area contributed by atoms with Crippen molar-refractivity contribution in [3.63, 3.8) is 0 Å². The van der Waals surface area contributed by atoms with Crippen molar-refractivity contribution in [1.82, 2.24) is 10.2 Å². The van der Waals surface area contributed by atoms with Crippen LogP contribution in [0.4, 0.5) is 0 Å². The molecule has 46 heavy (non-hydrogen) atoms. The molecule has 1 aromatic rings. The van der Waals surface area contributed by atoms with Crippen LogP contribution in [0.15, 0.2) is 41.5 Å². The van der Waals surface area contributed by atoms with Crippen molar-refractivity contribution in [1.29, 1.82) is 0 Å². The van der Waals surface area contributed by atoms with Gasteiger partial charge >= 0.3 is 0 Å². The average molecular weight is 633 g/mol. The Hall–Kier alpha value is -1.98. The van der Waals surface area contributed by atoms with Gasteiger partial charge in [-0.15, -0.1) is 0 Å². The smallest absolute Gasteiger partial charge is 0.234 e. The molecule has 0 aromatic heterocycles. The molecule has 5 fully saturated rings. The van der Waals surface area contributed by atoms with Gasteiger partial charge in [-0.3, -0.25) is 14.5 Å². The lowest BCUT2D eigenvalue weighted by molar-refractivity contribution is -0.130. The molecule has 1 N–H and O–H groups in total. The number of fused-ring (bicyclic) bond motifs is 6. The Kier molecular flexibility index (Phi) is 11.6. The van der Waals surface area contributed by atoms with Gasteiger partial charge in [0.25, 0.3) is 0 Å². The van der Waals surface area contributed by atoms with Crippen molar-refractivity contribution in [2.45, 2.75) is 143 Å². The number of hydrogen-bond acceptors (Lipinski definition) is 4. The van der Waals surface area contributed by atoms with Crippen LogP contribution < -0.4 is 5.32 Å². The summed E-state index contributed by atoms with van der Waals surface area (Å²) in [6, 6.07) is 10.7. The van der Waals surface area contributed by atoms with E-state index in [-0.39, 0.29) is 17.6 Å². The predicted octanol–water partition coefficient (Wildman–Crippen LogP) is 8.56. The van der Waals surface area contributed by atoms with E-state index in [1.807, 2.05) is 33.8 Å². The van der Waals surface area contributed by atoms with E-state index in [2.05, 4.69) is 55.3 Å². The number of ketones is 1. The molecule has 5 nitrogen and oxygen atoms in total. The van der Waals surface area contributed by atoms with Crippen LogP contribution >= 0.6 is 0 Å². The minimum Gasteiger partial charge on any atom is -0.370 e. The van der Waals surface area contributed by atoms with Crippen molar-refractivity contribution in [2.24, 2.45) is 35.0 Å². The Morgan fingerprint density at radius 1 is 1.04 bits per heavy atom. The number of allylic oxidation sites excluding steroid dienone is 1. The summed E-state index contributed by atoms with van der Waals surface area (Å²) in [4.78, 5) is 27.8. The number of likely N-dealkylation sites (tertiary alicyclic amines) is 1. The van der Waals surface area contributed by atoms with Crippen LogP contribution in [0.2, 0.25) is 0 Å². The maximum absolute atomic E-state index is 13.1. The maximum Gasteiger partial charge on any atom is 0.234 e. The van der Waals surface area contributed by atoms with Crippen LogP contribution in [-0.2, 0) is 20.7 Å². The molecule has 1 spiro atoms. The van der Waals surface area contributed by atoms with Crippen molar-refractivity contribution in [3.8, 4) is 0 Å². The first-order chi connectivity index (χ1) is 22.2. The Balaban J connectivity index is 0.00000100. The number of nitrogens with zero attached hydrogens (tertiary/aromatic N) is 1. The molecule has 4 aliphatic carbocycles. The minimum atomic E-state index is -0.0727. The lowest BCUT2D eigenvalue weighted by Crippen LogP contribution is -2.52. The van der Waals surface area contributed by atoms with Gasteiger partial charge < -0.3 is 10.1 Å². The fourth-order valence-corrected chi connectivity index (χ4v) is 10.9. The first kappa shape index (κ1) is 35.3. The molecule has 2 heterocycles. The Morgan fingerprint density at radius 2 is 1.80 bits per heavy atom. The van der Waals surface area contributed by atoms with Crippen molar-refractivity contribution >= 4 is 11.7 Å². The molecule has 2 saturated heterocycles. The fraction of sp³-hybridized carbons (Fsp3) is 0.756. The number of piperidine rings is 1. The molecule has 7 rings (SSSR count). The summed E-state index contributed by atoms with van der Waals surface area (Å²) in [6.45, 7) is 17.4. The number of rotatable bonds is 5. The van der Waals surface area contributed by atoms with Gasteiger partial charge in [-0.25, -0.2) is 0 Å². The van der Waals surface area contributed by atoms with Crippen LogP contribution in [0.5, 0.6) is 0 Å². The van der Waals surface area contributed by atoms with Crippen LogP contribution in [0.25, 0.3) is 0 Å². The van der Waals surface area contributed by atoms with E-state index in [4.69, 9.17) is 4.74 Å². The molecule has 2 aliphatic heterocycles. The molecule has 256 valence electrons. The summed E-state index contributed by atoms with van der Waals surface area (Å²) in [5, 5.41) is 3.19. The lowest BCUT2D eigenvalue weighted by atomic mass is 9.52. The first-order valence-corrected chi connectivity index (χ1v) is 19.2.